The van der Waals surface area contributed by atoms with Gasteiger partial charge in [0, 0.05) is 18.2 Å². The van der Waals surface area contributed by atoms with Gasteiger partial charge in [-0.05, 0) is 0 Å². The van der Waals surface area contributed by atoms with E-state index >= 15 is 0 Å². The maximum absolute atomic E-state index is 12.1. The fourth-order valence-electron chi connectivity index (χ4n) is 2.54. The quantitative estimate of drug-likeness (QED) is 0.434. The van der Waals surface area contributed by atoms with E-state index in [0.29, 0.717) is 11.1 Å². The molecule has 1 aliphatic heterocycles. The van der Waals surface area contributed by atoms with E-state index in [1.165, 1.54) is 7.05 Å². The fraction of sp³-hybridized carbons (Fsp3) is 0.0625. The summed E-state index contributed by atoms with van der Waals surface area (Å²) in [5.41, 5.74) is -1.15. The summed E-state index contributed by atoms with van der Waals surface area (Å²) in [6.07, 6.45) is 0. The van der Waals surface area contributed by atoms with E-state index < -0.39 is 23.0 Å². The third kappa shape index (κ3) is 2.51. The Bertz CT molecular complexity index is 1110. The van der Waals surface area contributed by atoms with Crippen LogP contribution in [0.15, 0.2) is 44.4 Å². The van der Waals surface area contributed by atoms with Crippen molar-refractivity contribution >= 4 is 17.3 Å². The SMILES string of the molecule is CNC(=O)/C(C#N)=C1/N=C(c2c(O)[nH]c(=O)[nH]c2=O)c2ccccc21. The Hall–Kier alpha value is -3.93. The summed E-state index contributed by atoms with van der Waals surface area (Å²) in [5, 5.41) is 21.6. The molecule has 0 saturated heterocycles. The number of carbonyl (C=O) groups excluding carboxylic acids is 1. The summed E-state index contributed by atoms with van der Waals surface area (Å²) in [6.45, 7) is 0. The number of H-pyrrole nitrogens is 2. The number of aromatic hydroxyl groups is 1. The molecular weight excluding hydrogens is 326 g/mol. The number of hydrogen-bond acceptors (Lipinski definition) is 6. The molecule has 2 aromatic rings. The van der Waals surface area contributed by atoms with Crippen molar-refractivity contribution in [1.29, 1.82) is 5.26 Å². The van der Waals surface area contributed by atoms with Crippen molar-refractivity contribution in [3.05, 3.63) is 67.4 Å². The number of amides is 1. The summed E-state index contributed by atoms with van der Waals surface area (Å²) in [4.78, 5) is 43.6. The zero-order valence-electron chi connectivity index (χ0n) is 12.9. The molecule has 1 aliphatic rings. The number of carbonyl (C=O) groups is 1. The van der Waals surface area contributed by atoms with Crippen molar-refractivity contribution < 1.29 is 9.90 Å². The third-order valence-electron chi connectivity index (χ3n) is 3.62. The average molecular weight is 337 g/mol. The van der Waals surface area contributed by atoms with Gasteiger partial charge in [-0.1, -0.05) is 24.3 Å². The first-order chi connectivity index (χ1) is 12.0. The molecule has 9 heteroatoms. The smallest absolute Gasteiger partial charge is 0.328 e. The molecule has 2 heterocycles. The van der Waals surface area contributed by atoms with Crippen LogP contribution in [0.1, 0.15) is 16.7 Å². The molecule has 0 radical (unpaired) electrons. The Kier molecular flexibility index (Phi) is 3.79. The molecule has 9 nitrogen and oxygen atoms in total. The molecule has 4 N–H and O–H groups in total. The topological polar surface area (TPSA) is 151 Å². The molecule has 0 atom stereocenters. The number of hydrogen-bond donors (Lipinski definition) is 4. The zero-order chi connectivity index (χ0) is 18.1. The normalized spacial score (nSPS) is 14.3. The van der Waals surface area contributed by atoms with Crippen molar-refractivity contribution in [3.63, 3.8) is 0 Å². The van der Waals surface area contributed by atoms with E-state index in [4.69, 9.17) is 0 Å². The molecule has 0 bridgehead atoms. The summed E-state index contributed by atoms with van der Waals surface area (Å²) in [6, 6.07) is 8.43. The first-order valence-corrected chi connectivity index (χ1v) is 7.08. The largest absolute Gasteiger partial charge is 0.494 e. The van der Waals surface area contributed by atoms with Gasteiger partial charge in [0.15, 0.2) is 0 Å². The van der Waals surface area contributed by atoms with Crippen LogP contribution >= 0.6 is 0 Å². The molecule has 0 aliphatic carbocycles. The maximum atomic E-state index is 12.1. The van der Waals surface area contributed by atoms with Gasteiger partial charge < -0.3 is 10.4 Å². The van der Waals surface area contributed by atoms with Gasteiger partial charge in [-0.15, -0.1) is 0 Å². The third-order valence-corrected chi connectivity index (χ3v) is 3.62. The Morgan fingerprint density at radius 2 is 1.92 bits per heavy atom. The molecule has 0 fully saturated rings. The van der Waals surface area contributed by atoms with Gasteiger partial charge in [-0.3, -0.25) is 19.6 Å². The van der Waals surface area contributed by atoms with Crippen LogP contribution in [0.4, 0.5) is 0 Å². The predicted molar refractivity (Wildman–Crippen MR) is 88.0 cm³/mol. The van der Waals surface area contributed by atoms with E-state index in [0.717, 1.165) is 0 Å². The molecular formula is C16H11N5O4. The molecule has 0 saturated carbocycles. The van der Waals surface area contributed by atoms with Crippen molar-refractivity contribution in [1.82, 2.24) is 15.3 Å². The molecule has 0 spiro atoms. The van der Waals surface area contributed by atoms with Crippen molar-refractivity contribution in [2.24, 2.45) is 4.99 Å². The lowest BCUT2D eigenvalue weighted by atomic mass is 9.99. The van der Waals surface area contributed by atoms with Crippen LogP contribution in [0.25, 0.3) is 5.70 Å². The monoisotopic (exact) mass is 337 g/mol. The van der Waals surface area contributed by atoms with Crippen LogP contribution in [0, 0.1) is 11.3 Å². The Morgan fingerprint density at radius 3 is 2.52 bits per heavy atom. The number of nitrogens with one attached hydrogen (secondary N) is 3. The van der Waals surface area contributed by atoms with Crippen LogP contribution in [0.3, 0.4) is 0 Å². The highest BCUT2D eigenvalue weighted by Crippen LogP contribution is 2.33. The lowest BCUT2D eigenvalue weighted by Crippen LogP contribution is -2.27. The van der Waals surface area contributed by atoms with Gasteiger partial charge in [0.25, 0.3) is 11.5 Å². The molecule has 25 heavy (non-hydrogen) atoms. The van der Waals surface area contributed by atoms with Gasteiger partial charge in [0.2, 0.25) is 5.88 Å². The van der Waals surface area contributed by atoms with Gasteiger partial charge in [0.05, 0.1) is 11.4 Å². The minimum atomic E-state index is -0.864. The van der Waals surface area contributed by atoms with Crippen LogP contribution in [0.5, 0.6) is 5.88 Å². The number of fused-ring (bicyclic) bond motifs is 1. The van der Waals surface area contributed by atoms with Crippen LogP contribution < -0.4 is 16.6 Å². The van der Waals surface area contributed by atoms with E-state index in [9.17, 15) is 24.8 Å². The summed E-state index contributed by atoms with van der Waals surface area (Å²) < 4.78 is 0. The van der Waals surface area contributed by atoms with Crippen LogP contribution in [0.2, 0.25) is 0 Å². The minimum absolute atomic E-state index is 0.0530. The number of nitriles is 1. The average Bonchev–Trinajstić information content (AvgIpc) is 2.94. The molecule has 124 valence electrons. The Morgan fingerprint density at radius 1 is 1.24 bits per heavy atom. The Labute approximate surface area is 140 Å². The van der Waals surface area contributed by atoms with E-state index in [2.05, 4.69) is 15.3 Å². The van der Waals surface area contributed by atoms with E-state index in [1.54, 1.807) is 30.3 Å². The fourth-order valence-corrected chi connectivity index (χ4v) is 2.54. The highest BCUT2D eigenvalue weighted by molar-refractivity contribution is 6.23. The number of likely N-dealkylation sites (N-methyl/N-ethyl adjacent to an activating group) is 1. The van der Waals surface area contributed by atoms with Gasteiger partial charge in [-0.25, -0.2) is 9.79 Å². The van der Waals surface area contributed by atoms with E-state index in [1.807, 2.05) is 4.98 Å². The number of rotatable bonds is 2. The zero-order valence-corrected chi connectivity index (χ0v) is 12.9. The highest BCUT2D eigenvalue weighted by Gasteiger charge is 2.29. The van der Waals surface area contributed by atoms with Gasteiger partial charge in [-0.2, -0.15) is 5.26 Å². The number of aliphatic imine (C=N–C) groups is 1. The predicted octanol–water partition coefficient (Wildman–Crippen LogP) is -0.400. The van der Waals surface area contributed by atoms with Crippen molar-refractivity contribution in [2.75, 3.05) is 7.05 Å². The van der Waals surface area contributed by atoms with E-state index in [-0.39, 0.29) is 22.5 Å². The first kappa shape index (κ1) is 15.9. The second-order valence-corrected chi connectivity index (χ2v) is 5.05. The summed E-state index contributed by atoms with van der Waals surface area (Å²) in [5.74, 6) is -1.28. The number of aromatic amines is 2. The molecule has 1 amide bonds. The summed E-state index contributed by atoms with van der Waals surface area (Å²) in [7, 11) is 1.38. The number of nitrogens with zero attached hydrogens (tertiary/aromatic N) is 2. The highest BCUT2D eigenvalue weighted by atomic mass is 16.3. The standard InChI is InChI=1S/C16H11N5O4/c1-18-13(22)9(6-17)11-7-4-2-3-5-8(7)12(19-11)10-14(23)20-16(25)21-15(10)24/h2-5H,1H3,(H,18,22)(H3,20,21,23,24,25)/b11-9+. The van der Waals surface area contributed by atoms with Crippen molar-refractivity contribution in [2.45, 2.75) is 0 Å². The van der Waals surface area contributed by atoms with Gasteiger partial charge in [0.1, 0.15) is 17.2 Å². The lowest BCUT2D eigenvalue weighted by molar-refractivity contribution is -0.116. The van der Waals surface area contributed by atoms with Crippen LogP contribution in [-0.4, -0.2) is 33.7 Å². The Balaban J connectivity index is 2.37. The summed E-state index contributed by atoms with van der Waals surface area (Å²) >= 11 is 0. The lowest BCUT2D eigenvalue weighted by Gasteiger charge is -2.04. The first-order valence-electron chi connectivity index (χ1n) is 7.08. The maximum Gasteiger partial charge on any atom is 0.328 e. The molecule has 1 aromatic carbocycles. The van der Waals surface area contributed by atoms with Crippen LogP contribution in [-0.2, 0) is 4.79 Å². The molecule has 1 aromatic heterocycles. The van der Waals surface area contributed by atoms with Crippen molar-refractivity contribution in [3.8, 4) is 11.9 Å². The minimum Gasteiger partial charge on any atom is -0.494 e. The molecule has 0 unspecified atom stereocenters. The number of aromatic nitrogens is 2. The number of benzene rings is 1. The second-order valence-electron chi connectivity index (χ2n) is 5.05. The molecule has 3 rings (SSSR count). The second kappa shape index (κ2) is 5.93. The van der Waals surface area contributed by atoms with Gasteiger partial charge >= 0.3 is 5.69 Å².